The predicted molar refractivity (Wildman–Crippen MR) is 131 cm³/mol. The largest absolute Gasteiger partial charge is 0.433 e. The maximum absolute atomic E-state index is 13.0. The fraction of sp³-hybridized carbons (Fsp3) is 0.440. The SMILES string of the molecule is CC(F)(F)Oc1ccc(NC(=O)N2CCC(C(C)(C)C(O)c3cc(Cl)cc4cn[nH]c34)CC2)cc1. The average Bonchev–Trinajstić information content (AvgIpc) is 3.27. The number of carbonyl (C=O) groups is 1. The molecule has 0 spiro atoms. The second-order valence-electron chi connectivity index (χ2n) is 9.68. The summed E-state index contributed by atoms with van der Waals surface area (Å²) in [4.78, 5) is 14.5. The van der Waals surface area contributed by atoms with Crippen molar-refractivity contribution in [2.75, 3.05) is 18.4 Å². The molecule has 1 atom stereocenters. The first kappa shape index (κ1) is 25.2. The van der Waals surface area contributed by atoms with Crippen LogP contribution in [0.2, 0.25) is 5.02 Å². The Labute approximate surface area is 207 Å². The number of hydrogen-bond donors (Lipinski definition) is 3. The van der Waals surface area contributed by atoms with Gasteiger partial charge in [-0.1, -0.05) is 25.4 Å². The number of aliphatic hydroxyl groups excluding tert-OH is 1. The van der Waals surface area contributed by atoms with Gasteiger partial charge >= 0.3 is 12.1 Å². The summed E-state index contributed by atoms with van der Waals surface area (Å²) in [6, 6.07) is 9.13. The molecule has 2 aromatic carbocycles. The van der Waals surface area contributed by atoms with Gasteiger partial charge in [-0.05, 0) is 60.6 Å². The van der Waals surface area contributed by atoms with Crippen LogP contribution in [0.3, 0.4) is 0 Å². The minimum Gasteiger partial charge on any atom is -0.433 e. The molecule has 0 radical (unpaired) electrons. The molecule has 3 aromatic rings. The normalized spacial score (nSPS) is 16.4. The van der Waals surface area contributed by atoms with Gasteiger partial charge in [0.05, 0.1) is 17.8 Å². The summed E-state index contributed by atoms with van der Waals surface area (Å²) in [7, 11) is 0. The minimum atomic E-state index is -3.27. The van der Waals surface area contributed by atoms with E-state index in [0.717, 1.165) is 23.7 Å². The van der Waals surface area contributed by atoms with Crippen LogP contribution in [-0.2, 0) is 0 Å². The molecule has 1 aromatic heterocycles. The molecular weight excluding hydrogens is 478 g/mol. The van der Waals surface area contributed by atoms with Crippen LogP contribution in [0.25, 0.3) is 10.9 Å². The Bertz CT molecular complexity index is 1190. The molecule has 2 heterocycles. The van der Waals surface area contributed by atoms with Crippen LogP contribution < -0.4 is 10.1 Å². The zero-order valence-electron chi connectivity index (χ0n) is 19.8. The molecule has 1 fully saturated rings. The Balaban J connectivity index is 1.37. The Kier molecular flexibility index (Phi) is 6.92. The lowest BCUT2D eigenvalue weighted by Gasteiger charge is -2.43. The molecule has 1 aliphatic heterocycles. The quantitative estimate of drug-likeness (QED) is 0.370. The van der Waals surface area contributed by atoms with E-state index >= 15 is 0 Å². The summed E-state index contributed by atoms with van der Waals surface area (Å²) in [6.07, 6.45) is -0.912. The first-order chi connectivity index (χ1) is 16.4. The number of aromatic nitrogens is 2. The maximum Gasteiger partial charge on any atom is 0.394 e. The van der Waals surface area contributed by atoms with Crippen LogP contribution in [0.1, 0.15) is 45.3 Å². The third kappa shape index (κ3) is 5.67. The van der Waals surface area contributed by atoms with E-state index in [-0.39, 0.29) is 17.7 Å². The lowest BCUT2D eigenvalue weighted by atomic mass is 9.68. The van der Waals surface area contributed by atoms with Gasteiger partial charge in [0.1, 0.15) is 5.75 Å². The molecule has 1 saturated heterocycles. The molecule has 188 valence electrons. The van der Waals surface area contributed by atoms with Crippen molar-refractivity contribution in [1.82, 2.24) is 15.1 Å². The Morgan fingerprint density at radius 3 is 2.51 bits per heavy atom. The highest BCUT2D eigenvalue weighted by Gasteiger charge is 2.40. The molecule has 7 nitrogen and oxygen atoms in total. The van der Waals surface area contributed by atoms with Crippen LogP contribution in [0, 0.1) is 11.3 Å². The minimum absolute atomic E-state index is 0.0178. The number of halogens is 3. The highest BCUT2D eigenvalue weighted by molar-refractivity contribution is 6.31. The number of aromatic amines is 1. The first-order valence-corrected chi connectivity index (χ1v) is 11.9. The van der Waals surface area contributed by atoms with Gasteiger partial charge in [0.25, 0.3) is 0 Å². The lowest BCUT2D eigenvalue weighted by Crippen LogP contribution is -2.45. The number of benzene rings is 2. The van der Waals surface area contributed by atoms with Crippen molar-refractivity contribution in [1.29, 1.82) is 0 Å². The Morgan fingerprint density at radius 2 is 1.89 bits per heavy atom. The number of carbonyl (C=O) groups excluding carboxylic acids is 1. The maximum atomic E-state index is 13.0. The van der Waals surface area contributed by atoms with Crippen molar-refractivity contribution in [2.24, 2.45) is 11.3 Å². The van der Waals surface area contributed by atoms with Crippen LogP contribution in [0.15, 0.2) is 42.6 Å². The number of piperidine rings is 1. The number of aliphatic hydroxyl groups is 1. The topological polar surface area (TPSA) is 90.5 Å². The Morgan fingerprint density at radius 1 is 1.23 bits per heavy atom. The van der Waals surface area contributed by atoms with E-state index in [2.05, 4.69) is 20.3 Å². The highest BCUT2D eigenvalue weighted by Crippen LogP contribution is 2.46. The molecule has 35 heavy (non-hydrogen) atoms. The number of hydrogen-bond acceptors (Lipinski definition) is 4. The number of nitrogens with one attached hydrogen (secondary N) is 2. The van der Waals surface area contributed by atoms with E-state index in [1.165, 1.54) is 24.3 Å². The number of ether oxygens (including phenoxy) is 1. The van der Waals surface area contributed by atoms with E-state index in [9.17, 15) is 18.7 Å². The zero-order valence-corrected chi connectivity index (χ0v) is 20.6. The molecule has 2 amide bonds. The molecule has 4 rings (SSSR count). The summed E-state index contributed by atoms with van der Waals surface area (Å²) in [5, 5.41) is 22.6. The molecular formula is C25H29ClF2N4O3. The number of anilines is 1. The van der Waals surface area contributed by atoms with Crippen molar-refractivity contribution in [3.8, 4) is 5.75 Å². The second kappa shape index (κ2) is 9.62. The fourth-order valence-electron chi connectivity index (χ4n) is 4.73. The molecule has 10 heteroatoms. The number of likely N-dealkylation sites (tertiary alicyclic amines) is 1. The standard InChI is InChI=1S/C25H29ClF2N4O3/c1-24(2,22(33)20-13-17(26)12-15-14-29-31-21(15)20)16-8-10-32(11-9-16)23(34)30-18-4-6-19(7-5-18)35-25(3,27)28/h4-7,12-14,16,22,33H,8-11H2,1-3H3,(H,29,31)(H,30,34). The van der Waals surface area contributed by atoms with Crippen molar-refractivity contribution in [3.05, 3.63) is 53.2 Å². The number of nitrogens with zero attached hydrogens (tertiary/aromatic N) is 2. The lowest BCUT2D eigenvalue weighted by molar-refractivity contribution is -0.158. The van der Waals surface area contributed by atoms with E-state index in [4.69, 9.17) is 11.6 Å². The highest BCUT2D eigenvalue weighted by atomic mass is 35.5. The van der Waals surface area contributed by atoms with Gasteiger partial charge in [-0.15, -0.1) is 0 Å². The van der Waals surface area contributed by atoms with Gasteiger partial charge in [0, 0.05) is 41.7 Å². The van der Waals surface area contributed by atoms with Crippen molar-refractivity contribution < 1.29 is 23.4 Å². The third-order valence-corrected chi connectivity index (χ3v) is 7.00. The zero-order chi connectivity index (χ0) is 25.4. The van der Waals surface area contributed by atoms with Gasteiger partial charge < -0.3 is 20.1 Å². The fourth-order valence-corrected chi connectivity index (χ4v) is 4.96. The van der Waals surface area contributed by atoms with Gasteiger partial charge in [-0.25, -0.2) is 4.79 Å². The monoisotopic (exact) mass is 506 g/mol. The average molecular weight is 507 g/mol. The summed E-state index contributed by atoms with van der Waals surface area (Å²) < 4.78 is 30.4. The molecule has 0 saturated carbocycles. The summed E-state index contributed by atoms with van der Waals surface area (Å²) in [5.74, 6) is 0.190. The van der Waals surface area contributed by atoms with Crippen LogP contribution in [0.4, 0.5) is 19.3 Å². The number of rotatable bonds is 6. The number of fused-ring (bicyclic) bond motifs is 1. The number of H-pyrrole nitrogens is 1. The van der Waals surface area contributed by atoms with Crippen molar-refractivity contribution in [3.63, 3.8) is 0 Å². The molecule has 3 N–H and O–H groups in total. The molecule has 1 aliphatic rings. The summed E-state index contributed by atoms with van der Waals surface area (Å²) in [6.45, 7) is 5.80. The molecule has 0 bridgehead atoms. The Hall–Kier alpha value is -2.91. The number of urea groups is 1. The van der Waals surface area contributed by atoms with E-state index in [0.29, 0.717) is 36.3 Å². The van der Waals surface area contributed by atoms with Gasteiger partial charge in [-0.2, -0.15) is 13.9 Å². The smallest absolute Gasteiger partial charge is 0.394 e. The van der Waals surface area contributed by atoms with Crippen molar-refractivity contribution in [2.45, 2.75) is 45.8 Å². The van der Waals surface area contributed by atoms with E-state index < -0.39 is 17.6 Å². The van der Waals surface area contributed by atoms with Crippen LogP contribution in [-0.4, -0.2) is 45.4 Å². The first-order valence-electron chi connectivity index (χ1n) is 11.5. The summed E-state index contributed by atoms with van der Waals surface area (Å²) >= 11 is 6.27. The number of alkyl halides is 2. The van der Waals surface area contributed by atoms with Gasteiger partial charge in [0.2, 0.25) is 0 Å². The van der Waals surface area contributed by atoms with Crippen LogP contribution >= 0.6 is 11.6 Å². The van der Waals surface area contributed by atoms with Gasteiger partial charge in [0.15, 0.2) is 0 Å². The second-order valence-corrected chi connectivity index (χ2v) is 10.1. The molecule has 1 unspecified atom stereocenters. The number of amides is 2. The molecule has 0 aliphatic carbocycles. The summed E-state index contributed by atoms with van der Waals surface area (Å²) in [5.41, 5.74) is 1.50. The van der Waals surface area contributed by atoms with Crippen molar-refractivity contribution >= 4 is 34.2 Å². The third-order valence-electron chi connectivity index (χ3n) is 6.78. The van der Waals surface area contributed by atoms with Gasteiger partial charge in [-0.3, -0.25) is 5.10 Å². The van der Waals surface area contributed by atoms with E-state index in [1.807, 2.05) is 13.8 Å². The van der Waals surface area contributed by atoms with Crippen LogP contribution in [0.5, 0.6) is 5.75 Å². The van der Waals surface area contributed by atoms with E-state index in [1.54, 1.807) is 23.2 Å². The predicted octanol–water partition coefficient (Wildman–Crippen LogP) is 6.21.